The monoisotopic (exact) mass is 422 g/mol. The van der Waals surface area contributed by atoms with Crippen LogP contribution < -0.4 is 4.74 Å². The summed E-state index contributed by atoms with van der Waals surface area (Å²) >= 11 is 0. The number of benzene rings is 2. The van der Waals surface area contributed by atoms with Crippen LogP contribution in [-0.4, -0.2) is 60.0 Å². The molecule has 2 aromatic carbocycles. The number of hydrogen-bond donors (Lipinski definition) is 0. The van der Waals surface area contributed by atoms with Gasteiger partial charge in [0.1, 0.15) is 11.5 Å². The Hall–Kier alpha value is -2.86. The average molecular weight is 423 g/mol. The Bertz CT molecular complexity index is 881. The van der Waals surface area contributed by atoms with Crippen molar-refractivity contribution in [3.63, 3.8) is 0 Å². The highest BCUT2D eigenvalue weighted by Gasteiger charge is 2.33. The SMILES string of the molecule is C[C@@H]1CN(C(=O)C2CCN(C(=O)c3ccc(Oc4ccccc4)cc3)CC2)C[C@@H](C)O1. The number of ether oxygens (including phenoxy) is 2. The zero-order valence-corrected chi connectivity index (χ0v) is 18.2. The fourth-order valence-electron chi connectivity index (χ4n) is 4.42. The van der Waals surface area contributed by atoms with E-state index in [0.29, 0.717) is 50.3 Å². The normalized spacial score (nSPS) is 22.3. The molecule has 6 nitrogen and oxygen atoms in total. The van der Waals surface area contributed by atoms with Crippen LogP contribution in [-0.2, 0) is 9.53 Å². The third kappa shape index (κ3) is 5.25. The molecule has 2 aliphatic rings. The number of nitrogens with zero attached hydrogens (tertiary/aromatic N) is 2. The van der Waals surface area contributed by atoms with Crippen molar-refractivity contribution in [1.29, 1.82) is 0 Å². The number of carbonyl (C=O) groups excluding carboxylic acids is 2. The first-order valence-electron chi connectivity index (χ1n) is 11.1. The Morgan fingerprint density at radius 1 is 0.839 bits per heavy atom. The zero-order valence-electron chi connectivity index (χ0n) is 18.2. The molecule has 2 atom stereocenters. The first kappa shape index (κ1) is 21.4. The van der Waals surface area contributed by atoms with E-state index in [1.165, 1.54) is 0 Å². The number of carbonyl (C=O) groups is 2. The van der Waals surface area contributed by atoms with Gasteiger partial charge < -0.3 is 19.3 Å². The molecule has 2 amide bonds. The number of morpholine rings is 1. The van der Waals surface area contributed by atoms with Crippen molar-refractivity contribution in [3.8, 4) is 11.5 Å². The smallest absolute Gasteiger partial charge is 0.253 e. The minimum atomic E-state index is -0.0109. The largest absolute Gasteiger partial charge is 0.457 e. The maximum Gasteiger partial charge on any atom is 0.253 e. The maximum absolute atomic E-state index is 12.9. The first-order chi connectivity index (χ1) is 15.0. The van der Waals surface area contributed by atoms with Gasteiger partial charge in [0, 0.05) is 37.7 Å². The molecule has 4 rings (SSSR count). The molecule has 6 heteroatoms. The van der Waals surface area contributed by atoms with Gasteiger partial charge in [-0.05, 0) is 63.1 Å². The van der Waals surface area contributed by atoms with Gasteiger partial charge in [-0.15, -0.1) is 0 Å². The zero-order chi connectivity index (χ0) is 21.8. The maximum atomic E-state index is 12.9. The molecule has 0 aliphatic carbocycles. The molecule has 0 N–H and O–H groups in total. The highest BCUT2D eigenvalue weighted by Crippen LogP contribution is 2.25. The van der Waals surface area contributed by atoms with Crippen molar-refractivity contribution in [2.45, 2.75) is 38.9 Å². The molecular weight excluding hydrogens is 392 g/mol. The van der Waals surface area contributed by atoms with Gasteiger partial charge >= 0.3 is 0 Å². The highest BCUT2D eigenvalue weighted by atomic mass is 16.5. The van der Waals surface area contributed by atoms with E-state index in [1.54, 1.807) is 12.1 Å². The summed E-state index contributed by atoms with van der Waals surface area (Å²) in [5.41, 5.74) is 0.640. The van der Waals surface area contributed by atoms with E-state index in [0.717, 1.165) is 5.75 Å². The van der Waals surface area contributed by atoms with Gasteiger partial charge in [-0.3, -0.25) is 9.59 Å². The van der Waals surface area contributed by atoms with E-state index in [9.17, 15) is 9.59 Å². The lowest BCUT2D eigenvalue weighted by Crippen LogP contribution is -2.51. The number of hydrogen-bond acceptors (Lipinski definition) is 4. The minimum Gasteiger partial charge on any atom is -0.457 e. The highest BCUT2D eigenvalue weighted by molar-refractivity contribution is 5.94. The van der Waals surface area contributed by atoms with Crippen LogP contribution in [0, 0.1) is 5.92 Å². The van der Waals surface area contributed by atoms with E-state index in [2.05, 4.69) is 0 Å². The summed E-state index contributed by atoms with van der Waals surface area (Å²) in [5.74, 6) is 1.66. The lowest BCUT2D eigenvalue weighted by molar-refractivity contribution is -0.148. The Labute approximate surface area is 183 Å². The Morgan fingerprint density at radius 2 is 1.42 bits per heavy atom. The molecule has 164 valence electrons. The summed E-state index contributed by atoms with van der Waals surface area (Å²) in [6, 6.07) is 16.8. The van der Waals surface area contributed by atoms with Crippen molar-refractivity contribution < 1.29 is 19.1 Å². The predicted molar refractivity (Wildman–Crippen MR) is 118 cm³/mol. The summed E-state index contributed by atoms with van der Waals surface area (Å²) < 4.78 is 11.5. The minimum absolute atomic E-state index is 0.00535. The molecule has 2 heterocycles. The van der Waals surface area contributed by atoms with Gasteiger partial charge in [0.05, 0.1) is 12.2 Å². The molecule has 2 aromatic rings. The fourth-order valence-corrected chi connectivity index (χ4v) is 4.42. The van der Waals surface area contributed by atoms with Crippen LogP contribution in [0.2, 0.25) is 0 Å². The Morgan fingerprint density at radius 3 is 2.03 bits per heavy atom. The predicted octanol–water partition coefficient (Wildman–Crippen LogP) is 3.97. The van der Waals surface area contributed by atoms with Crippen LogP contribution in [0.5, 0.6) is 11.5 Å². The van der Waals surface area contributed by atoms with Gasteiger partial charge in [0.15, 0.2) is 0 Å². The van der Waals surface area contributed by atoms with Crippen LogP contribution in [0.3, 0.4) is 0 Å². The van der Waals surface area contributed by atoms with Gasteiger partial charge in [-0.25, -0.2) is 0 Å². The number of para-hydroxylation sites is 1. The molecule has 0 unspecified atom stereocenters. The number of piperidine rings is 1. The average Bonchev–Trinajstić information content (AvgIpc) is 2.79. The fraction of sp³-hybridized carbons (Fsp3) is 0.440. The third-order valence-electron chi connectivity index (χ3n) is 5.94. The van der Waals surface area contributed by atoms with Gasteiger partial charge in [-0.1, -0.05) is 18.2 Å². The second-order valence-electron chi connectivity index (χ2n) is 8.51. The quantitative estimate of drug-likeness (QED) is 0.748. The van der Waals surface area contributed by atoms with Crippen molar-refractivity contribution in [2.75, 3.05) is 26.2 Å². The summed E-state index contributed by atoms with van der Waals surface area (Å²) in [5, 5.41) is 0. The first-order valence-corrected chi connectivity index (χ1v) is 11.1. The summed E-state index contributed by atoms with van der Waals surface area (Å²) in [4.78, 5) is 29.6. The van der Waals surface area contributed by atoms with Crippen LogP contribution in [0.15, 0.2) is 54.6 Å². The van der Waals surface area contributed by atoms with Crippen molar-refractivity contribution in [3.05, 3.63) is 60.2 Å². The second-order valence-corrected chi connectivity index (χ2v) is 8.51. The van der Waals surface area contributed by atoms with Crippen molar-refractivity contribution in [1.82, 2.24) is 9.80 Å². The van der Waals surface area contributed by atoms with E-state index in [4.69, 9.17) is 9.47 Å². The number of likely N-dealkylation sites (tertiary alicyclic amines) is 1. The summed E-state index contributed by atoms with van der Waals surface area (Å²) in [7, 11) is 0. The standard InChI is InChI=1S/C25H30N2O4/c1-18-16-27(17-19(2)30-18)25(29)21-12-14-26(15-13-21)24(28)20-8-10-23(11-9-20)31-22-6-4-3-5-7-22/h3-11,18-19,21H,12-17H2,1-2H3/t18-,19-/m1/s1. The molecule has 0 bridgehead atoms. The molecule has 0 saturated carbocycles. The second kappa shape index (κ2) is 9.52. The lowest BCUT2D eigenvalue weighted by atomic mass is 9.94. The van der Waals surface area contributed by atoms with Crippen molar-refractivity contribution >= 4 is 11.8 Å². The molecule has 0 radical (unpaired) electrons. The van der Waals surface area contributed by atoms with E-state index < -0.39 is 0 Å². The summed E-state index contributed by atoms with van der Waals surface area (Å²) in [6.45, 7) is 6.53. The number of rotatable bonds is 4. The van der Waals surface area contributed by atoms with Crippen LogP contribution in [0.1, 0.15) is 37.0 Å². The van der Waals surface area contributed by atoms with Crippen LogP contribution in [0.25, 0.3) is 0 Å². The molecule has 0 spiro atoms. The Kier molecular flexibility index (Phi) is 6.56. The molecule has 2 saturated heterocycles. The van der Waals surface area contributed by atoms with Crippen LogP contribution >= 0.6 is 0 Å². The van der Waals surface area contributed by atoms with Crippen molar-refractivity contribution in [2.24, 2.45) is 5.92 Å². The molecule has 31 heavy (non-hydrogen) atoms. The Balaban J connectivity index is 1.30. The van der Waals surface area contributed by atoms with Gasteiger partial charge in [0.25, 0.3) is 5.91 Å². The van der Waals surface area contributed by atoms with E-state index in [-0.39, 0.29) is 29.9 Å². The number of amides is 2. The molecule has 0 aromatic heterocycles. The van der Waals surface area contributed by atoms with Gasteiger partial charge in [-0.2, -0.15) is 0 Å². The molecule has 2 aliphatic heterocycles. The van der Waals surface area contributed by atoms with E-state index >= 15 is 0 Å². The van der Waals surface area contributed by atoms with Crippen LogP contribution in [0.4, 0.5) is 0 Å². The third-order valence-corrected chi connectivity index (χ3v) is 5.94. The molecular formula is C25H30N2O4. The summed E-state index contributed by atoms with van der Waals surface area (Å²) in [6.07, 6.45) is 1.56. The molecule has 2 fully saturated rings. The lowest BCUT2D eigenvalue weighted by Gasteiger charge is -2.39. The van der Waals surface area contributed by atoms with E-state index in [1.807, 2.05) is 66.1 Å². The topological polar surface area (TPSA) is 59.1 Å². The van der Waals surface area contributed by atoms with Gasteiger partial charge in [0.2, 0.25) is 5.91 Å².